The van der Waals surface area contributed by atoms with E-state index in [1.807, 2.05) is 24.3 Å². The third kappa shape index (κ3) is 3.21. The first-order valence-corrected chi connectivity index (χ1v) is 7.88. The highest BCUT2D eigenvalue weighted by atomic mass is 16.3. The number of phenolic OH excluding ortho intramolecular Hbond substituents is 2. The first kappa shape index (κ1) is 14.0. The van der Waals surface area contributed by atoms with Crippen LogP contribution in [0.2, 0.25) is 0 Å². The second-order valence-electron chi connectivity index (χ2n) is 5.97. The molecule has 0 fully saturated rings. The standard InChI is InChI=1S/C19H22O2/c20-18-10-8-14-6-4-2-1-3-5-7-15-9-11-19(21)17(13-15)16(18)12-14/h8-13,20-21H,1-7H2. The molecule has 0 unspecified atom stereocenters. The van der Waals surface area contributed by atoms with E-state index in [2.05, 4.69) is 0 Å². The summed E-state index contributed by atoms with van der Waals surface area (Å²) < 4.78 is 0. The second-order valence-corrected chi connectivity index (χ2v) is 5.97. The van der Waals surface area contributed by atoms with E-state index in [1.54, 1.807) is 12.1 Å². The van der Waals surface area contributed by atoms with Crippen molar-refractivity contribution in [3.05, 3.63) is 47.5 Å². The average molecular weight is 282 g/mol. The van der Waals surface area contributed by atoms with Crippen molar-refractivity contribution in [2.24, 2.45) is 0 Å². The summed E-state index contributed by atoms with van der Waals surface area (Å²) in [5.74, 6) is 0.474. The lowest BCUT2D eigenvalue weighted by molar-refractivity contribution is 0.469. The van der Waals surface area contributed by atoms with Gasteiger partial charge in [-0.2, -0.15) is 0 Å². The molecular formula is C19H22O2. The number of aromatic hydroxyl groups is 2. The fraction of sp³-hybridized carbons (Fsp3) is 0.368. The maximum Gasteiger partial charge on any atom is 0.123 e. The summed E-state index contributed by atoms with van der Waals surface area (Å²) in [7, 11) is 0. The van der Waals surface area contributed by atoms with Gasteiger partial charge in [0.2, 0.25) is 0 Å². The Balaban J connectivity index is 2.08. The highest BCUT2D eigenvalue weighted by molar-refractivity contribution is 5.76. The summed E-state index contributed by atoms with van der Waals surface area (Å²) >= 11 is 0. The molecule has 0 saturated carbocycles. The maximum absolute atomic E-state index is 10.2. The van der Waals surface area contributed by atoms with Gasteiger partial charge >= 0.3 is 0 Å². The highest BCUT2D eigenvalue weighted by Gasteiger charge is 2.12. The van der Waals surface area contributed by atoms with Crippen LogP contribution in [-0.4, -0.2) is 10.2 Å². The van der Waals surface area contributed by atoms with Crippen LogP contribution in [0.15, 0.2) is 36.4 Å². The minimum atomic E-state index is 0.237. The van der Waals surface area contributed by atoms with E-state index in [0.29, 0.717) is 0 Å². The molecular weight excluding hydrogens is 260 g/mol. The van der Waals surface area contributed by atoms with Crippen LogP contribution < -0.4 is 0 Å². The van der Waals surface area contributed by atoms with Gasteiger partial charge in [0.15, 0.2) is 0 Å². The van der Waals surface area contributed by atoms with Gasteiger partial charge in [0, 0.05) is 11.1 Å². The van der Waals surface area contributed by atoms with E-state index in [4.69, 9.17) is 0 Å². The van der Waals surface area contributed by atoms with E-state index in [-0.39, 0.29) is 11.5 Å². The van der Waals surface area contributed by atoms with E-state index >= 15 is 0 Å². The molecule has 2 aromatic carbocycles. The van der Waals surface area contributed by atoms with Crippen LogP contribution in [0.25, 0.3) is 11.1 Å². The number of rotatable bonds is 0. The molecule has 2 nitrogen and oxygen atoms in total. The van der Waals surface area contributed by atoms with Crippen LogP contribution in [0, 0.1) is 0 Å². The van der Waals surface area contributed by atoms with Crippen LogP contribution in [0.3, 0.4) is 0 Å². The van der Waals surface area contributed by atoms with Gasteiger partial charge in [-0.05, 0) is 61.1 Å². The quantitative estimate of drug-likeness (QED) is 0.727. The highest BCUT2D eigenvalue weighted by Crippen LogP contribution is 2.37. The normalized spacial score (nSPS) is 15.6. The summed E-state index contributed by atoms with van der Waals surface area (Å²) in [4.78, 5) is 0. The number of hydrogen-bond acceptors (Lipinski definition) is 2. The third-order valence-corrected chi connectivity index (χ3v) is 4.34. The third-order valence-electron chi connectivity index (χ3n) is 4.34. The van der Waals surface area contributed by atoms with Crippen LogP contribution in [0.5, 0.6) is 11.5 Å². The van der Waals surface area contributed by atoms with E-state index in [1.165, 1.54) is 43.2 Å². The van der Waals surface area contributed by atoms with Crippen molar-refractivity contribution in [1.29, 1.82) is 0 Å². The van der Waals surface area contributed by atoms with Gasteiger partial charge in [0.25, 0.3) is 0 Å². The average Bonchev–Trinajstić information content (AvgIpc) is 2.50. The lowest BCUT2D eigenvalue weighted by Gasteiger charge is -2.11. The molecule has 0 aliphatic heterocycles. The van der Waals surface area contributed by atoms with Crippen molar-refractivity contribution in [1.82, 2.24) is 0 Å². The molecule has 0 aromatic heterocycles. The van der Waals surface area contributed by atoms with Crippen LogP contribution in [-0.2, 0) is 12.8 Å². The predicted octanol–water partition coefficient (Wildman–Crippen LogP) is 4.81. The Kier molecular flexibility index (Phi) is 4.14. The Labute approximate surface area is 126 Å². The lowest BCUT2D eigenvalue weighted by Crippen LogP contribution is -1.89. The monoisotopic (exact) mass is 282 g/mol. The predicted molar refractivity (Wildman–Crippen MR) is 85.7 cm³/mol. The SMILES string of the molecule is Oc1ccc2cc1-c1cc(ccc1O)CCCCCCC2. The molecule has 0 heterocycles. The zero-order chi connectivity index (χ0) is 14.7. The molecule has 1 aliphatic carbocycles. The first-order chi connectivity index (χ1) is 10.2. The fourth-order valence-electron chi connectivity index (χ4n) is 3.10. The Morgan fingerprint density at radius 2 is 1.00 bits per heavy atom. The molecule has 0 spiro atoms. The van der Waals surface area contributed by atoms with Crippen molar-refractivity contribution in [2.45, 2.75) is 44.9 Å². The Morgan fingerprint density at radius 3 is 1.48 bits per heavy atom. The first-order valence-electron chi connectivity index (χ1n) is 7.88. The minimum absolute atomic E-state index is 0.237. The minimum Gasteiger partial charge on any atom is -0.507 e. The maximum atomic E-state index is 10.2. The lowest BCUT2D eigenvalue weighted by atomic mass is 9.96. The van der Waals surface area contributed by atoms with Gasteiger partial charge in [-0.25, -0.2) is 0 Å². The van der Waals surface area contributed by atoms with Crippen molar-refractivity contribution >= 4 is 0 Å². The topological polar surface area (TPSA) is 40.5 Å². The van der Waals surface area contributed by atoms with Gasteiger partial charge in [0.1, 0.15) is 11.5 Å². The molecule has 0 saturated heterocycles. The molecule has 2 N–H and O–H groups in total. The fourth-order valence-corrected chi connectivity index (χ4v) is 3.10. The Bertz CT molecular complexity index is 576. The zero-order valence-corrected chi connectivity index (χ0v) is 12.3. The molecule has 2 aromatic rings. The molecule has 3 rings (SSSR count). The van der Waals surface area contributed by atoms with E-state index in [0.717, 1.165) is 24.0 Å². The number of aryl methyl sites for hydroxylation is 2. The molecule has 1 aliphatic rings. The van der Waals surface area contributed by atoms with Crippen LogP contribution in [0.4, 0.5) is 0 Å². The van der Waals surface area contributed by atoms with Gasteiger partial charge in [-0.3, -0.25) is 0 Å². The molecule has 2 heteroatoms. The Hall–Kier alpha value is -1.96. The molecule has 0 atom stereocenters. The summed E-state index contributed by atoms with van der Waals surface area (Å²) in [6.45, 7) is 0. The Morgan fingerprint density at radius 1 is 0.571 bits per heavy atom. The van der Waals surface area contributed by atoms with Gasteiger partial charge in [0.05, 0.1) is 0 Å². The van der Waals surface area contributed by atoms with E-state index < -0.39 is 0 Å². The number of benzene rings is 2. The van der Waals surface area contributed by atoms with Crippen molar-refractivity contribution < 1.29 is 10.2 Å². The van der Waals surface area contributed by atoms with Crippen LogP contribution in [0.1, 0.15) is 43.2 Å². The van der Waals surface area contributed by atoms with Gasteiger partial charge < -0.3 is 10.2 Å². The van der Waals surface area contributed by atoms with Crippen molar-refractivity contribution in [3.8, 4) is 22.6 Å². The smallest absolute Gasteiger partial charge is 0.123 e. The summed E-state index contributed by atoms with van der Waals surface area (Å²) in [5, 5.41) is 20.3. The number of fused-ring (bicyclic) bond motifs is 5. The van der Waals surface area contributed by atoms with Crippen LogP contribution >= 0.6 is 0 Å². The number of phenols is 2. The summed E-state index contributed by atoms with van der Waals surface area (Å²) in [6, 6.07) is 11.5. The van der Waals surface area contributed by atoms with E-state index in [9.17, 15) is 10.2 Å². The largest absolute Gasteiger partial charge is 0.507 e. The zero-order valence-electron chi connectivity index (χ0n) is 12.3. The van der Waals surface area contributed by atoms with Crippen molar-refractivity contribution in [3.63, 3.8) is 0 Å². The molecule has 4 bridgehead atoms. The molecule has 110 valence electrons. The summed E-state index contributed by atoms with van der Waals surface area (Å²) in [5.41, 5.74) is 3.94. The van der Waals surface area contributed by atoms with Crippen molar-refractivity contribution in [2.75, 3.05) is 0 Å². The van der Waals surface area contributed by atoms with Gasteiger partial charge in [-0.1, -0.05) is 31.4 Å². The summed E-state index contributed by atoms with van der Waals surface area (Å²) in [6.07, 6.45) is 8.26. The second kappa shape index (κ2) is 6.21. The molecule has 0 amide bonds. The number of hydrogen-bond donors (Lipinski definition) is 2. The molecule has 0 radical (unpaired) electrons. The molecule has 21 heavy (non-hydrogen) atoms. The van der Waals surface area contributed by atoms with Gasteiger partial charge in [-0.15, -0.1) is 0 Å².